The van der Waals surface area contributed by atoms with E-state index in [1.54, 1.807) is 0 Å². The molecule has 0 atom stereocenters. The topological polar surface area (TPSA) is 16.1 Å². The Bertz CT molecular complexity index is 372. The van der Waals surface area contributed by atoms with Gasteiger partial charge in [0, 0.05) is 18.8 Å². The molecule has 2 rings (SSSR count). The third-order valence-corrected chi connectivity index (χ3v) is 3.87. The van der Waals surface area contributed by atoms with Crippen molar-refractivity contribution in [2.24, 2.45) is 5.92 Å². The molecule has 0 amide bonds. The molecule has 0 aliphatic heterocycles. The van der Waals surface area contributed by atoms with Crippen LogP contribution >= 0.6 is 15.9 Å². The Balaban J connectivity index is 2.27. The first-order valence-corrected chi connectivity index (χ1v) is 6.76. The molecule has 1 aromatic rings. The third kappa shape index (κ3) is 2.57. The van der Waals surface area contributed by atoms with Gasteiger partial charge in [-0.1, -0.05) is 13.8 Å². The van der Waals surface area contributed by atoms with Crippen LogP contribution in [0.15, 0.2) is 16.7 Å². The van der Waals surface area contributed by atoms with Crippen molar-refractivity contribution in [2.75, 3.05) is 11.4 Å². The molecule has 3 heteroatoms. The fourth-order valence-corrected chi connectivity index (χ4v) is 2.38. The minimum atomic E-state index is 0.676. The molecule has 0 bridgehead atoms. The van der Waals surface area contributed by atoms with E-state index in [1.807, 2.05) is 12.3 Å². The van der Waals surface area contributed by atoms with Gasteiger partial charge in [-0.05, 0) is 53.2 Å². The summed E-state index contributed by atoms with van der Waals surface area (Å²) in [6.07, 6.45) is 4.54. The molecule has 16 heavy (non-hydrogen) atoms. The first kappa shape index (κ1) is 11.9. The van der Waals surface area contributed by atoms with E-state index in [1.165, 1.54) is 18.4 Å². The Morgan fingerprint density at radius 3 is 2.75 bits per heavy atom. The molecule has 1 aliphatic carbocycles. The lowest BCUT2D eigenvalue weighted by atomic mass is 10.2. The summed E-state index contributed by atoms with van der Waals surface area (Å²) in [6, 6.07) is 2.77. The number of pyridine rings is 1. The molecule has 0 spiro atoms. The van der Waals surface area contributed by atoms with Crippen molar-refractivity contribution in [1.29, 1.82) is 0 Å². The van der Waals surface area contributed by atoms with E-state index in [2.05, 4.69) is 46.6 Å². The van der Waals surface area contributed by atoms with Gasteiger partial charge in [-0.15, -0.1) is 0 Å². The Labute approximate surface area is 106 Å². The molecule has 1 fully saturated rings. The first-order valence-electron chi connectivity index (χ1n) is 5.97. The second kappa shape index (κ2) is 4.74. The van der Waals surface area contributed by atoms with Gasteiger partial charge in [-0.3, -0.25) is 0 Å². The van der Waals surface area contributed by atoms with Crippen LogP contribution in [0, 0.1) is 12.8 Å². The van der Waals surface area contributed by atoms with E-state index in [9.17, 15) is 0 Å². The highest BCUT2D eigenvalue weighted by Crippen LogP contribution is 2.36. The van der Waals surface area contributed by atoms with Crippen molar-refractivity contribution < 1.29 is 0 Å². The molecule has 1 saturated carbocycles. The summed E-state index contributed by atoms with van der Waals surface area (Å²) >= 11 is 3.66. The molecule has 1 aliphatic rings. The van der Waals surface area contributed by atoms with Crippen LogP contribution in [0.25, 0.3) is 0 Å². The van der Waals surface area contributed by atoms with Gasteiger partial charge in [-0.2, -0.15) is 0 Å². The average Bonchev–Trinajstić information content (AvgIpc) is 3.02. The maximum atomic E-state index is 4.53. The molecule has 1 heterocycles. The van der Waals surface area contributed by atoms with Crippen molar-refractivity contribution in [3.8, 4) is 0 Å². The van der Waals surface area contributed by atoms with Crippen molar-refractivity contribution >= 4 is 21.7 Å². The van der Waals surface area contributed by atoms with Crippen LogP contribution in [0.2, 0.25) is 0 Å². The average molecular weight is 283 g/mol. The van der Waals surface area contributed by atoms with Crippen molar-refractivity contribution in [3.05, 3.63) is 22.3 Å². The number of halogens is 1. The van der Waals surface area contributed by atoms with Gasteiger partial charge < -0.3 is 4.90 Å². The largest absolute Gasteiger partial charge is 0.352 e. The Hall–Kier alpha value is -0.570. The van der Waals surface area contributed by atoms with Crippen LogP contribution in [-0.4, -0.2) is 17.6 Å². The summed E-state index contributed by atoms with van der Waals surface area (Å²) in [7, 11) is 0. The van der Waals surface area contributed by atoms with Gasteiger partial charge in [-0.25, -0.2) is 4.98 Å². The molecule has 88 valence electrons. The zero-order valence-electron chi connectivity index (χ0n) is 10.2. The fraction of sp³-hybridized carbons (Fsp3) is 0.615. The van der Waals surface area contributed by atoms with E-state index in [0.717, 1.165) is 16.8 Å². The van der Waals surface area contributed by atoms with E-state index in [4.69, 9.17) is 0 Å². The second-order valence-corrected chi connectivity index (χ2v) is 5.84. The number of nitrogens with zero attached hydrogens (tertiary/aromatic N) is 2. The van der Waals surface area contributed by atoms with Gasteiger partial charge in [0.05, 0.1) is 4.47 Å². The Morgan fingerprint density at radius 1 is 1.50 bits per heavy atom. The van der Waals surface area contributed by atoms with E-state index < -0.39 is 0 Å². The number of aromatic nitrogens is 1. The summed E-state index contributed by atoms with van der Waals surface area (Å²) in [4.78, 5) is 6.99. The zero-order chi connectivity index (χ0) is 11.7. The monoisotopic (exact) mass is 282 g/mol. The molecule has 0 unspecified atom stereocenters. The number of aryl methyl sites for hydroxylation is 1. The van der Waals surface area contributed by atoms with Gasteiger partial charge >= 0.3 is 0 Å². The minimum Gasteiger partial charge on any atom is -0.352 e. The summed E-state index contributed by atoms with van der Waals surface area (Å²) in [5, 5.41) is 0. The SMILES string of the molecule is Cc1ccnc(N(CC(C)C)C2CC2)c1Br. The molecule has 0 radical (unpaired) electrons. The Morgan fingerprint density at radius 2 is 2.19 bits per heavy atom. The maximum Gasteiger partial charge on any atom is 0.143 e. The Kier molecular flexibility index (Phi) is 3.53. The van der Waals surface area contributed by atoms with Crippen LogP contribution < -0.4 is 4.90 Å². The molecule has 2 nitrogen and oxygen atoms in total. The number of rotatable bonds is 4. The zero-order valence-corrected chi connectivity index (χ0v) is 11.8. The van der Waals surface area contributed by atoms with Gasteiger partial charge in [0.25, 0.3) is 0 Å². The van der Waals surface area contributed by atoms with Crippen molar-refractivity contribution in [1.82, 2.24) is 4.98 Å². The predicted octanol–water partition coefficient (Wildman–Crippen LogP) is 3.78. The maximum absolute atomic E-state index is 4.53. The van der Waals surface area contributed by atoms with Gasteiger partial charge in [0.1, 0.15) is 5.82 Å². The molecule has 1 aromatic heterocycles. The molecular formula is C13H19BrN2. The summed E-state index contributed by atoms with van der Waals surface area (Å²) in [5.74, 6) is 1.80. The number of hydrogen-bond acceptors (Lipinski definition) is 2. The lowest BCUT2D eigenvalue weighted by molar-refractivity contribution is 0.602. The molecule has 0 N–H and O–H groups in total. The predicted molar refractivity (Wildman–Crippen MR) is 71.9 cm³/mol. The van der Waals surface area contributed by atoms with Gasteiger partial charge in [0.2, 0.25) is 0 Å². The molecule has 0 aromatic carbocycles. The first-order chi connectivity index (χ1) is 7.59. The minimum absolute atomic E-state index is 0.676. The normalized spacial score (nSPS) is 15.6. The second-order valence-electron chi connectivity index (χ2n) is 5.04. The van der Waals surface area contributed by atoms with Crippen LogP contribution in [0.3, 0.4) is 0 Å². The highest BCUT2D eigenvalue weighted by molar-refractivity contribution is 9.10. The van der Waals surface area contributed by atoms with Crippen LogP contribution in [0.4, 0.5) is 5.82 Å². The molecule has 0 saturated heterocycles. The van der Waals surface area contributed by atoms with E-state index in [0.29, 0.717) is 12.0 Å². The number of anilines is 1. The summed E-state index contributed by atoms with van der Waals surface area (Å²) in [5.41, 5.74) is 1.26. The van der Waals surface area contributed by atoms with Gasteiger partial charge in [0.15, 0.2) is 0 Å². The fourth-order valence-electron chi connectivity index (χ4n) is 1.91. The van der Waals surface area contributed by atoms with Crippen molar-refractivity contribution in [2.45, 2.75) is 39.7 Å². The standard InChI is InChI=1S/C13H19BrN2/c1-9(2)8-16(11-4-5-11)13-12(14)10(3)6-7-15-13/h6-7,9,11H,4-5,8H2,1-3H3. The highest BCUT2D eigenvalue weighted by atomic mass is 79.9. The van der Waals surface area contributed by atoms with E-state index in [-0.39, 0.29) is 0 Å². The lowest BCUT2D eigenvalue weighted by Crippen LogP contribution is -2.31. The van der Waals surface area contributed by atoms with Crippen LogP contribution in [0.5, 0.6) is 0 Å². The lowest BCUT2D eigenvalue weighted by Gasteiger charge is -2.26. The molecular weight excluding hydrogens is 264 g/mol. The van der Waals surface area contributed by atoms with E-state index >= 15 is 0 Å². The van der Waals surface area contributed by atoms with Crippen LogP contribution in [-0.2, 0) is 0 Å². The smallest absolute Gasteiger partial charge is 0.143 e. The highest BCUT2D eigenvalue weighted by Gasteiger charge is 2.31. The number of hydrogen-bond donors (Lipinski definition) is 0. The quantitative estimate of drug-likeness (QED) is 0.836. The summed E-state index contributed by atoms with van der Waals surface area (Å²) in [6.45, 7) is 7.74. The third-order valence-electron chi connectivity index (χ3n) is 2.89. The van der Waals surface area contributed by atoms with Crippen molar-refractivity contribution in [3.63, 3.8) is 0 Å². The van der Waals surface area contributed by atoms with Crippen LogP contribution in [0.1, 0.15) is 32.3 Å². The summed E-state index contributed by atoms with van der Waals surface area (Å²) < 4.78 is 1.16.